The summed E-state index contributed by atoms with van der Waals surface area (Å²) in [4.78, 5) is 40.2. The largest absolute Gasteiger partial charge is 0.616 e. The lowest BCUT2D eigenvalue weighted by atomic mass is 10.1. The maximum atomic E-state index is 14.9. The van der Waals surface area contributed by atoms with E-state index in [-0.39, 0.29) is 35.2 Å². The normalized spacial score (nSPS) is 16.9. The predicted octanol–water partition coefficient (Wildman–Crippen LogP) is 1.65. The Balaban J connectivity index is 1.04. The summed E-state index contributed by atoms with van der Waals surface area (Å²) in [6.45, 7) is 3.44. The summed E-state index contributed by atoms with van der Waals surface area (Å²) in [5.74, 6) is -0.590. The molecular weight excluding hydrogens is 616 g/mol. The maximum absolute atomic E-state index is 14.9. The fraction of sp³-hybridized carbons (Fsp3) is 0.370. The molecule has 2 N–H and O–H groups in total. The van der Waals surface area contributed by atoms with Gasteiger partial charge in [-0.15, -0.1) is 5.10 Å². The van der Waals surface area contributed by atoms with Gasteiger partial charge in [-0.2, -0.15) is 9.50 Å². The lowest BCUT2D eigenvalue weighted by Crippen LogP contribution is -2.48. The summed E-state index contributed by atoms with van der Waals surface area (Å²) in [6, 6.07) is 5.49. The van der Waals surface area contributed by atoms with E-state index >= 15 is 0 Å². The van der Waals surface area contributed by atoms with Crippen molar-refractivity contribution >= 4 is 56.0 Å². The van der Waals surface area contributed by atoms with E-state index < -0.39 is 28.7 Å². The van der Waals surface area contributed by atoms with E-state index in [1.165, 1.54) is 21.7 Å². The number of benzene rings is 1. The van der Waals surface area contributed by atoms with Gasteiger partial charge in [0.1, 0.15) is 27.8 Å². The quantitative estimate of drug-likeness (QED) is 0.270. The van der Waals surface area contributed by atoms with Gasteiger partial charge in [-0.1, -0.05) is 22.5 Å². The highest BCUT2D eigenvalue weighted by Crippen LogP contribution is 2.27. The van der Waals surface area contributed by atoms with Gasteiger partial charge in [0.25, 0.3) is 5.91 Å². The van der Waals surface area contributed by atoms with Gasteiger partial charge in [-0.3, -0.25) is 19.1 Å². The minimum atomic E-state index is -0.984. The number of furan rings is 1. The Hall–Kier alpha value is -4.06. The van der Waals surface area contributed by atoms with Crippen molar-refractivity contribution in [1.82, 2.24) is 33.9 Å². The first-order valence-corrected chi connectivity index (χ1v) is 16.3. The van der Waals surface area contributed by atoms with Gasteiger partial charge in [0.2, 0.25) is 11.8 Å². The molecule has 5 aromatic rings. The summed E-state index contributed by atoms with van der Waals surface area (Å²) >= 11 is 0.0352. The zero-order valence-corrected chi connectivity index (χ0v) is 25.0. The highest BCUT2D eigenvalue weighted by atomic mass is 32.2. The fourth-order valence-corrected chi connectivity index (χ4v) is 7.53. The first-order chi connectivity index (χ1) is 21.3. The topological polar surface area (TPSA) is 154 Å². The molecule has 0 aliphatic carbocycles. The zero-order valence-electron chi connectivity index (χ0n) is 23.3. The molecule has 13 nitrogen and oxygen atoms in total. The standard InChI is InChI=1S/C27H27F2N9O4S2/c28-17-15-18(29)19(14-16(17)25(39)36-9-12-44(41)13-10-36)35-6-3-34(4-7-35)5-8-37-23-21(43-27(37)40)24-31-22(20-2-1-11-42-20)33-38(24)26(30)32-23/h1-2,11,14-15H,3-10,12-13H2,(H2,30,32). The Labute approximate surface area is 255 Å². The Morgan fingerprint density at radius 3 is 2.55 bits per heavy atom. The van der Waals surface area contributed by atoms with E-state index in [1.54, 1.807) is 21.6 Å². The SMILES string of the molecule is Nc1nc2c(sc(=O)n2CCN2CCN(c3cc(C(=O)N4CC[S+]([O-])CC4)c(F)cc3F)CC2)c2nc(-c3ccco3)nn12. The van der Waals surface area contributed by atoms with Crippen LogP contribution < -0.4 is 15.5 Å². The summed E-state index contributed by atoms with van der Waals surface area (Å²) in [6.07, 6.45) is 1.52. The Kier molecular flexibility index (Phi) is 7.47. The van der Waals surface area contributed by atoms with Crippen molar-refractivity contribution in [3.05, 3.63) is 57.4 Å². The molecule has 230 valence electrons. The first-order valence-electron chi connectivity index (χ1n) is 14.0. The van der Waals surface area contributed by atoms with Crippen LogP contribution in [-0.4, -0.2) is 102 Å². The number of anilines is 2. The molecule has 1 amide bonds. The van der Waals surface area contributed by atoms with Crippen molar-refractivity contribution in [2.75, 3.05) is 68.0 Å². The number of nitrogen functional groups attached to an aromatic ring is 1. The van der Waals surface area contributed by atoms with Crippen molar-refractivity contribution in [2.24, 2.45) is 0 Å². The highest BCUT2D eigenvalue weighted by Gasteiger charge is 2.29. The Morgan fingerprint density at radius 1 is 1.05 bits per heavy atom. The average molecular weight is 644 g/mol. The van der Waals surface area contributed by atoms with Crippen LogP contribution in [0.2, 0.25) is 0 Å². The first kappa shape index (κ1) is 28.7. The van der Waals surface area contributed by atoms with Crippen molar-refractivity contribution < 1.29 is 22.5 Å². The molecule has 1 aromatic carbocycles. The molecule has 6 heterocycles. The third-order valence-electron chi connectivity index (χ3n) is 7.94. The molecule has 0 saturated carbocycles. The van der Waals surface area contributed by atoms with Crippen LogP contribution in [-0.2, 0) is 17.7 Å². The average Bonchev–Trinajstić information content (AvgIpc) is 3.76. The van der Waals surface area contributed by atoms with Crippen LogP contribution in [0.4, 0.5) is 20.4 Å². The molecule has 2 aliphatic rings. The molecule has 17 heteroatoms. The van der Waals surface area contributed by atoms with Crippen LogP contribution in [0, 0.1) is 11.6 Å². The number of nitrogens with two attached hydrogens (primary N) is 1. The van der Waals surface area contributed by atoms with Gasteiger partial charge in [0.05, 0.1) is 30.6 Å². The molecule has 0 radical (unpaired) electrons. The van der Waals surface area contributed by atoms with Gasteiger partial charge < -0.3 is 24.5 Å². The lowest BCUT2D eigenvalue weighted by molar-refractivity contribution is 0.0765. The van der Waals surface area contributed by atoms with Crippen molar-refractivity contribution in [2.45, 2.75) is 6.54 Å². The third-order valence-corrected chi connectivity index (χ3v) is 10.2. The number of hydrogen-bond acceptors (Lipinski definition) is 11. The predicted molar refractivity (Wildman–Crippen MR) is 161 cm³/mol. The van der Waals surface area contributed by atoms with Crippen molar-refractivity contribution in [3.63, 3.8) is 0 Å². The number of rotatable bonds is 6. The Bertz CT molecular complexity index is 1910. The summed E-state index contributed by atoms with van der Waals surface area (Å²) in [7, 11) is 0. The molecule has 0 atom stereocenters. The number of thiazole rings is 1. The molecule has 7 rings (SSSR count). The number of aromatic nitrogens is 5. The minimum Gasteiger partial charge on any atom is -0.616 e. The Morgan fingerprint density at radius 2 is 1.82 bits per heavy atom. The van der Waals surface area contributed by atoms with Gasteiger partial charge in [0, 0.05) is 45.3 Å². The van der Waals surface area contributed by atoms with Crippen LogP contribution in [0.5, 0.6) is 0 Å². The van der Waals surface area contributed by atoms with Crippen molar-refractivity contribution in [3.8, 4) is 11.6 Å². The van der Waals surface area contributed by atoms with E-state index in [2.05, 4.69) is 20.0 Å². The van der Waals surface area contributed by atoms with Crippen molar-refractivity contribution in [1.29, 1.82) is 0 Å². The lowest BCUT2D eigenvalue weighted by Gasteiger charge is -2.36. The van der Waals surface area contributed by atoms with Gasteiger partial charge >= 0.3 is 4.87 Å². The molecule has 44 heavy (non-hydrogen) atoms. The van der Waals surface area contributed by atoms with Crippen LogP contribution in [0.3, 0.4) is 0 Å². The second kappa shape index (κ2) is 11.5. The molecule has 0 bridgehead atoms. The van der Waals surface area contributed by atoms with E-state index in [1.807, 2.05) is 0 Å². The smallest absolute Gasteiger partial charge is 0.309 e. The van der Waals surface area contributed by atoms with E-state index in [0.29, 0.717) is 78.4 Å². The number of nitrogens with zero attached hydrogens (tertiary/aromatic N) is 8. The minimum absolute atomic E-state index is 0.0902. The number of fused-ring (bicyclic) bond motifs is 3. The number of piperazine rings is 1. The van der Waals surface area contributed by atoms with Crippen LogP contribution in [0.25, 0.3) is 27.6 Å². The fourth-order valence-electron chi connectivity index (χ4n) is 5.54. The number of carbonyl (C=O) groups is 1. The number of hydrogen-bond donors (Lipinski definition) is 1. The number of halogens is 2. The van der Waals surface area contributed by atoms with E-state index in [9.17, 15) is 22.9 Å². The summed E-state index contributed by atoms with van der Waals surface area (Å²) in [5, 5.41) is 4.37. The molecule has 0 spiro atoms. The molecule has 2 aliphatic heterocycles. The third kappa shape index (κ3) is 5.18. The van der Waals surface area contributed by atoms with Crippen LogP contribution in [0.1, 0.15) is 10.4 Å². The maximum Gasteiger partial charge on any atom is 0.309 e. The van der Waals surface area contributed by atoms with Gasteiger partial charge in [-0.05, 0) is 18.2 Å². The molecular formula is C27H27F2N9O4S2. The monoisotopic (exact) mass is 643 g/mol. The van der Waals surface area contributed by atoms with E-state index in [0.717, 1.165) is 17.4 Å². The second-order valence-electron chi connectivity index (χ2n) is 10.5. The molecule has 2 saturated heterocycles. The summed E-state index contributed by atoms with van der Waals surface area (Å²) < 4.78 is 50.1. The number of carbonyl (C=O) groups excluding carboxylic acids is 1. The molecule has 4 aromatic heterocycles. The highest BCUT2D eigenvalue weighted by molar-refractivity contribution is 7.91. The second-order valence-corrected chi connectivity index (χ2v) is 13.2. The zero-order chi connectivity index (χ0) is 30.5. The van der Waals surface area contributed by atoms with Crippen LogP contribution >= 0.6 is 11.3 Å². The molecule has 0 unspecified atom stereocenters. The molecule has 2 fully saturated rings. The van der Waals surface area contributed by atoms with Gasteiger partial charge in [-0.25, -0.2) is 13.8 Å². The van der Waals surface area contributed by atoms with Crippen LogP contribution in [0.15, 0.2) is 39.7 Å². The van der Waals surface area contributed by atoms with E-state index in [4.69, 9.17) is 10.2 Å². The summed E-state index contributed by atoms with van der Waals surface area (Å²) in [5.41, 5.74) is 7.00. The number of amides is 1. The van der Waals surface area contributed by atoms with Gasteiger partial charge in [0.15, 0.2) is 17.1 Å².